The summed E-state index contributed by atoms with van der Waals surface area (Å²) < 4.78 is 17.7. The van der Waals surface area contributed by atoms with Gasteiger partial charge < -0.3 is 15.8 Å². The topological polar surface area (TPSA) is 60.2 Å². The summed E-state index contributed by atoms with van der Waals surface area (Å²) in [5, 5.41) is 3.08. The lowest BCUT2D eigenvalue weighted by Crippen LogP contribution is -2.02. The molecule has 2 rings (SSSR count). The van der Waals surface area contributed by atoms with E-state index in [2.05, 4.69) is 10.3 Å². The summed E-state index contributed by atoms with van der Waals surface area (Å²) >= 11 is 0. The maximum Gasteiger partial charge on any atom is 0.141 e. The first-order valence-electron chi connectivity index (χ1n) is 5.47. The molecule has 1 heterocycles. The van der Waals surface area contributed by atoms with Crippen molar-refractivity contribution in [2.45, 2.75) is 6.54 Å². The lowest BCUT2D eigenvalue weighted by molar-refractivity contribution is 0.417. The smallest absolute Gasteiger partial charge is 0.141 e. The molecular formula is C13H14FN3O. The Morgan fingerprint density at radius 1 is 1.33 bits per heavy atom. The number of anilines is 2. The van der Waals surface area contributed by atoms with Crippen molar-refractivity contribution < 1.29 is 9.13 Å². The van der Waals surface area contributed by atoms with Gasteiger partial charge in [-0.1, -0.05) is 6.07 Å². The number of benzene rings is 1. The summed E-state index contributed by atoms with van der Waals surface area (Å²) in [6, 6.07) is 8.49. The van der Waals surface area contributed by atoms with E-state index in [4.69, 9.17) is 10.5 Å². The number of nitrogens with two attached hydrogens (primary N) is 1. The standard InChI is InChI=1S/C13H14FN3O/c1-18-12-4-2-9(6-11(12)15)7-16-13-5-3-10(14)8-17-13/h2-6,8H,7,15H2,1H3,(H,16,17). The largest absolute Gasteiger partial charge is 0.495 e. The van der Waals surface area contributed by atoms with E-state index in [9.17, 15) is 4.39 Å². The summed E-state index contributed by atoms with van der Waals surface area (Å²) in [5.41, 5.74) is 7.39. The van der Waals surface area contributed by atoms with Gasteiger partial charge in [0.2, 0.25) is 0 Å². The molecule has 2 aromatic rings. The molecule has 0 aliphatic rings. The van der Waals surface area contributed by atoms with Crippen molar-refractivity contribution in [1.29, 1.82) is 0 Å². The number of hydrogen-bond donors (Lipinski definition) is 2. The summed E-state index contributed by atoms with van der Waals surface area (Å²) in [6.07, 6.45) is 1.17. The predicted octanol–water partition coefficient (Wildman–Crippen LogP) is 2.42. The number of rotatable bonds is 4. The van der Waals surface area contributed by atoms with Crippen LogP contribution in [0.1, 0.15) is 5.56 Å². The molecule has 0 radical (unpaired) electrons. The van der Waals surface area contributed by atoms with Gasteiger partial charge in [0, 0.05) is 6.54 Å². The quantitative estimate of drug-likeness (QED) is 0.814. The van der Waals surface area contributed by atoms with Crippen molar-refractivity contribution in [2.24, 2.45) is 0 Å². The van der Waals surface area contributed by atoms with Crippen LogP contribution in [0.2, 0.25) is 0 Å². The molecule has 18 heavy (non-hydrogen) atoms. The van der Waals surface area contributed by atoms with Crippen molar-refractivity contribution in [2.75, 3.05) is 18.2 Å². The Kier molecular flexibility index (Phi) is 3.62. The van der Waals surface area contributed by atoms with E-state index in [0.717, 1.165) is 5.56 Å². The molecule has 0 fully saturated rings. The van der Waals surface area contributed by atoms with Gasteiger partial charge in [0.05, 0.1) is 19.0 Å². The zero-order chi connectivity index (χ0) is 13.0. The van der Waals surface area contributed by atoms with Gasteiger partial charge >= 0.3 is 0 Å². The minimum absolute atomic E-state index is 0.353. The van der Waals surface area contributed by atoms with Gasteiger partial charge in [-0.25, -0.2) is 9.37 Å². The Hall–Kier alpha value is -2.30. The lowest BCUT2D eigenvalue weighted by atomic mass is 10.2. The highest BCUT2D eigenvalue weighted by Crippen LogP contribution is 2.22. The molecular weight excluding hydrogens is 233 g/mol. The molecule has 0 atom stereocenters. The number of aromatic nitrogens is 1. The molecule has 5 heteroatoms. The average molecular weight is 247 g/mol. The molecule has 0 saturated heterocycles. The van der Waals surface area contributed by atoms with Crippen LogP contribution in [0, 0.1) is 5.82 Å². The Balaban J connectivity index is 2.02. The van der Waals surface area contributed by atoms with Crippen LogP contribution in [0.25, 0.3) is 0 Å². The molecule has 94 valence electrons. The number of nitrogens with one attached hydrogen (secondary N) is 1. The number of nitrogens with zero attached hydrogens (tertiary/aromatic N) is 1. The van der Waals surface area contributed by atoms with Gasteiger partial charge in [-0.05, 0) is 29.8 Å². The number of methoxy groups -OCH3 is 1. The van der Waals surface area contributed by atoms with E-state index in [1.807, 2.05) is 18.2 Å². The van der Waals surface area contributed by atoms with Crippen LogP contribution in [-0.2, 0) is 6.54 Å². The van der Waals surface area contributed by atoms with Gasteiger partial charge in [0.25, 0.3) is 0 Å². The average Bonchev–Trinajstić information content (AvgIpc) is 2.38. The van der Waals surface area contributed by atoms with Crippen LogP contribution < -0.4 is 15.8 Å². The Labute approximate surface area is 105 Å². The molecule has 0 bridgehead atoms. The molecule has 0 saturated carbocycles. The predicted molar refractivity (Wildman–Crippen MR) is 68.9 cm³/mol. The summed E-state index contributed by atoms with van der Waals surface area (Å²) in [4.78, 5) is 3.91. The van der Waals surface area contributed by atoms with Crippen LogP contribution in [0.3, 0.4) is 0 Å². The molecule has 0 amide bonds. The lowest BCUT2D eigenvalue weighted by Gasteiger charge is -2.08. The monoisotopic (exact) mass is 247 g/mol. The fourth-order valence-electron chi connectivity index (χ4n) is 1.57. The highest BCUT2D eigenvalue weighted by molar-refractivity contribution is 5.54. The number of hydrogen-bond acceptors (Lipinski definition) is 4. The third-order valence-corrected chi connectivity index (χ3v) is 2.50. The van der Waals surface area contributed by atoms with Crippen molar-refractivity contribution >= 4 is 11.5 Å². The first-order chi connectivity index (χ1) is 8.69. The van der Waals surface area contributed by atoms with E-state index in [-0.39, 0.29) is 5.82 Å². The van der Waals surface area contributed by atoms with Gasteiger partial charge in [0.15, 0.2) is 0 Å². The van der Waals surface area contributed by atoms with Crippen LogP contribution in [0.15, 0.2) is 36.5 Å². The van der Waals surface area contributed by atoms with Crippen LogP contribution in [0.4, 0.5) is 15.9 Å². The third-order valence-electron chi connectivity index (χ3n) is 2.50. The highest BCUT2D eigenvalue weighted by Gasteiger charge is 2.01. The van der Waals surface area contributed by atoms with Crippen molar-refractivity contribution in [3.8, 4) is 5.75 Å². The van der Waals surface area contributed by atoms with E-state index < -0.39 is 0 Å². The highest BCUT2D eigenvalue weighted by atomic mass is 19.1. The number of ether oxygens (including phenoxy) is 1. The Bertz CT molecular complexity index is 528. The number of nitrogen functional groups attached to an aromatic ring is 1. The zero-order valence-electron chi connectivity index (χ0n) is 9.98. The first-order valence-corrected chi connectivity index (χ1v) is 5.47. The van der Waals surface area contributed by atoms with Gasteiger partial charge in [0.1, 0.15) is 17.4 Å². The van der Waals surface area contributed by atoms with Crippen LogP contribution >= 0.6 is 0 Å². The van der Waals surface area contributed by atoms with E-state index in [0.29, 0.717) is 23.8 Å². The second kappa shape index (κ2) is 5.35. The summed E-state index contributed by atoms with van der Waals surface area (Å²) in [7, 11) is 1.58. The number of pyridine rings is 1. The maximum atomic E-state index is 12.7. The molecule has 4 nitrogen and oxygen atoms in total. The van der Waals surface area contributed by atoms with Crippen molar-refractivity contribution in [3.05, 3.63) is 47.9 Å². The fraction of sp³-hybridized carbons (Fsp3) is 0.154. The molecule has 1 aromatic heterocycles. The molecule has 0 unspecified atom stereocenters. The maximum absolute atomic E-state index is 12.7. The fourth-order valence-corrected chi connectivity index (χ4v) is 1.57. The second-order valence-corrected chi connectivity index (χ2v) is 3.79. The molecule has 0 aliphatic heterocycles. The SMILES string of the molecule is COc1ccc(CNc2ccc(F)cn2)cc1N. The van der Waals surface area contributed by atoms with E-state index in [1.54, 1.807) is 13.2 Å². The van der Waals surface area contributed by atoms with Crippen molar-refractivity contribution in [3.63, 3.8) is 0 Å². The van der Waals surface area contributed by atoms with Crippen molar-refractivity contribution in [1.82, 2.24) is 4.98 Å². The summed E-state index contributed by atoms with van der Waals surface area (Å²) in [6.45, 7) is 0.562. The minimum Gasteiger partial charge on any atom is -0.495 e. The summed E-state index contributed by atoms with van der Waals surface area (Å²) in [5.74, 6) is 0.915. The molecule has 1 aromatic carbocycles. The third kappa shape index (κ3) is 2.88. The van der Waals surface area contributed by atoms with Gasteiger partial charge in [-0.3, -0.25) is 0 Å². The van der Waals surface area contributed by atoms with Crippen LogP contribution in [-0.4, -0.2) is 12.1 Å². The molecule has 0 spiro atoms. The van der Waals surface area contributed by atoms with E-state index in [1.165, 1.54) is 12.3 Å². The minimum atomic E-state index is -0.353. The Morgan fingerprint density at radius 3 is 2.78 bits per heavy atom. The normalized spacial score (nSPS) is 10.1. The Morgan fingerprint density at radius 2 is 2.17 bits per heavy atom. The van der Waals surface area contributed by atoms with Crippen LogP contribution in [0.5, 0.6) is 5.75 Å². The zero-order valence-corrected chi connectivity index (χ0v) is 9.98. The number of halogens is 1. The first kappa shape index (κ1) is 12.2. The second-order valence-electron chi connectivity index (χ2n) is 3.79. The van der Waals surface area contributed by atoms with Gasteiger partial charge in [-0.2, -0.15) is 0 Å². The van der Waals surface area contributed by atoms with Gasteiger partial charge in [-0.15, -0.1) is 0 Å². The molecule has 3 N–H and O–H groups in total. The molecule has 0 aliphatic carbocycles. The van der Waals surface area contributed by atoms with E-state index >= 15 is 0 Å².